The molecule has 0 radical (unpaired) electrons. The maximum Gasteiger partial charge on any atom is 0.294 e. The SMILES string of the molecule is COc1ccc(-c2cc(C(=O)Nc3cc(Cl)ccc3O)on2)cc1OC. The first-order valence-electron chi connectivity index (χ1n) is 7.51. The quantitative estimate of drug-likeness (QED) is 0.656. The molecule has 2 N–H and O–H groups in total. The number of hydrogen-bond acceptors (Lipinski definition) is 6. The van der Waals surface area contributed by atoms with E-state index in [2.05, 4.69) is 10.5 Å². The van der Waals surface area contributed by atoms with Crippen LogP contribution in [-0.4, -0.2) is 30.4 Å². The number of rotatable bonds is 5. The number of phenolic OH excluding ortho intramolecular Hbond substituents is 1. The highest BCUT2D eigenvalue weighted by molar-refractivity contribution is 6.31. The number of aromatic nitrogens is 1. The van der Waals surface area contributed by atoms with Crippen molar-refractivity contribution in [2.75, 3.05) is 19.5 Å². The van der Waals surface area contributed by atoms with Crippen LogP contribution in [0.15, 0.2) is 47.0 Å². The molecule has 0 saturated carbocycles. The summed E-state index contributed by atoms with van der Waals surface area (Å²) in [6.07, 6.45) is 0. The molecule has 0 atom stereocenters. The number of methoxy groups -OCH3 is 2. The van der Waals surface area contributed by atoms with Crippen molar-refractivity contribution < 1.29 is 23.9 Å². The monoisotopic (exact) mass is 374 g/mol. The molecular weight excluding hydrogens is 360 g/mol. The summed E-state index contributed by atoms with van der Waals surface area (Å²) in [6, 6.07) is 11.0. The average Bonchev–Trinajstić information content (AvgIpc) is 3.14. The predicted molar refractivity (Wildman–Crippen MR) is 96.1 cm³/mol. The summed E-state index contributed by atoms with van der Waals surface area (Å²) in [4.78, 5) is 12.3. The van der Waals surface area contributed by atoms with Gasteiger partial charge in [-0.25, -0.2) is 0 Å². The molecule has 0 spiro atoms. The minimum absolute atomic E-state index is 0.0193. The number of anilines is 1. The maximum atomic E-state index is 12.3. The Morgan fingerprint density at radius 1 is 1.12 bits per heavy atom. The van der Waals surface area contributed by atoms with Gasteiger partial charge in [0.15, 0.2) is 11.5 Å². The molecule has 0 aliphatic carbocycles. The zero-order valence-corrected chi connectivity index (χ0v) is 14.7. The number of nitrogens with zero attached hydrogens (tertiary/aromatic N) is 1. The molecule has 0 unspecified atom stereocenters. The Kier molecular flexibility index (Phi) is 4.99. The fourth-order valence-corrected chi connectivity index (χ4v) is 2.48. The summed E-state index contributed by atoms with van der Waals surface area (Å²) in [5.74, 6) is 0.412. The Morgan fingerprint density at radius 3 is 2.62 bits per heavy atom. The van der Waals surface area contributed by atoms with Crippen LogP contribution in [0.2, 0.25) is 5.02 Å². The first-order valence-corrected chi connectivity index (χ1v) is 7.88. The second kappa shape index (κ2) is 7.37. The van der Waals surface area contributed by atoms with E-state index in [4.69, 9.17) is 25.6 Å². The lowest BCUT2D eigenvalue weighted by Crippen LogP contribution is -2.10. The molecular formula is C18H15ClN2O5. The van der Waals surface area contributed by atoms with Crippen molar-refractivity contribution in [3.63, 3.8) is 0 Å². The van der Waals surface area contributed by atoms with Crippen LogP contribution >= 0.6 is 11.6 Å². The van der Waals surface area contributed by atoms with Crippen molar-refractivity contribution in [2.24, 2.45) is 0 Å². The third-order valence-corrected chi connectivity index (χ3v) is 3.86. The van der Waals surface area contributed by atoms with Crippen molar-refractivity contribution in [3.8, 4) is 28.5 Å². The Bertz CT molecular complexity index is 955. The first-order chi connectivity index (χ1) is 12.5. The molecule has 3 aromatic rings. The molecule has 0 aliphatic heterocycles. The molecule has 2 aromatic carbocycles. The lowest BCUT2D eigenvalue weighted by atomic mass is 10.1. The smallest absolute Gasteiger partial charge is 0.294 e. The van der Waals surface area contributed by atoms with Crippen molar-refractivity contribution in [3.05, 3.63) is 53.2 Å². The van der Waals surface area contributed by atoms with Gasteiger partial charge in [-0.3, -0.25) is 4.79 Å². The molecule has 0 aliphatic rings. The number of nitrogens with one attached hydrogen (secondary N) is 1. The van der Waals surface area contributed by atoms with Gasteiger partial charge < -0.3 is 24.4 Å². The number of phenols is 1. The van der Waals surface area contributed by atoms with Crippen LogP contribution in [0.1, 0.15) is 10.6 Å². The van der Waals surface area contributed by atoms with Gasteiger partial charge in [0, 0.05) is 16.7 Å². The van der Waals surface area contributed by atoms with Gasteiger partial charge in [0.25, 0.3) is 5.91 Å². The van der Waals surface area contributed by atoms with E-state index < -0.39 is 5.91 Å². The third kappa shape index (κ3) is 3.57. The van der Waals surface area contributed by atoms with Crippen molar-refractivity contribution in [1.82, 2.24) is 5.16 Å². The van der Waals surface area contributed by atoms with Gasteiger partial charge in [0.2, 0.25) is 5.76 Å². The van der Waals surface area contributed by atoms with Crippen LogP contribution in [0, 0.1) is 0 Å². The first kappa shape index (κ1) is 17.6. The van der Waals surface area contributed by atoms with E-state index in [1.807, 2.05) is 0 Å². The number of benzene rings is 2. The second-order valence-electron chi connectivity index (χ2n) is 5.26. The Morgan fingerprint density at radius 2 is 1.88 bits per heavy atom. The van der Waals surface area contributed by atoms with E-state index in [0.717, 1.165) is 0 Å². The minimum atomic E-state index is -0.568. The zero-order valence-electron chi connectivity index (χ0n) is 13.9. The van der Waals surface area contributed by atoms with Crippen molar-refractivity contribution in [2.45, 2.75) is 0 Å². The summed E-state index contributed by atoms with van der Waals surface area (Å²) in [5.41, 5.74) is 1.31. The van der Waals surface area contributed by atoms with Crippen LogP contribution in [0.25, 0.3) is 11.3 Å². The molecule has 0 fully saturated rings. The Balaban J connectivity index is 1.83. The van der Waals surface area contributed by atoms with Gasteiger partial charge in [0.1, 0.15) is 11.4 Å². The summed E-state index contributed by atoms with van der Waals surface area (Å²) < 4.78 is 15.5. The van der Waals surface area contributed by atoms with Gasteiger partial charge in [-0.1, -0.05) is 16.8 Å². The molecule has 0 saturated heterocycles. The number of aromatic hydroxyl groups is 1. The Hall–Kier alpha value is -3.19. The molecule has 1 heterocycles. The van der Waals surface area contributed by atoms with Crippen molar-refractivity contribution >= 4 is 23.2 Å². The fourth-order valence-electron chi connectivity index (χ4n) is 2.31. The number of halogens is 1. The van der Waals surface area contributed by atoms with E-state index in [1.165, 1.54) is 31.4 Å². The van der Waals surface area contributed by atoms with E-state index in [-0.39, 0.29) is 17.2 Å². The van der Waals surface area contributed by atoms with Gasteiger partial charge in [-0.05, 0) is 36.4 Å². The van der Waals surface area contributed by atoms with E-state index in [9.17, 15) is 9.90 Å². The summed E-state index contributed by atoms with van der Waals surface area (Å²) in [6.45, 7) is 0. The number of hydrogen-bond donors (Lipinski definition) is 2. The van der Waals surface area contributed by atoms with Crippen LogP contribution in [0.4, 0.5) is 5.69 Å². The molecule has 0 bridgehead atoms. The molecule has 1 amide bonds. The third-order valence-electron chi connectivity index (χ3n) is 3.62. The molecule has 7 nitrogen and oxygen atoms in total. The predicted octanol–water partition coefficient (Wildman–Crippen LogP) is 3.97. The maximum absolute atomic E-state index is 12.3. The van der Waals surface area contributed by atoms with Gasteiger partial charge in [-0.15, -0.1) is 0 Å². The van der Waals surface area contributed by atoms with Crippen molar-refractivity contribution in [1.29, 1.82) is 0 Å². The Labute approximate surface area is 154 Å². The highest BCUT2D eigenvalue weighted by atomic mass is 35.5. The zero-order chi connectivity index (χ0) is 18.7. The van der Waals surface area contributed by atoms with Crippen LogP contribution in [0.5, 0.6) is 17.2 Å². The average molecular weight is 375 g/mol. The number of carbonyl (C=O) groups is 1. The molecule has 134 valence electrons. The van der Waals surface area contributed by atoms with Crippen LogP contribution < -0.4 is 14.8 Å². The fraction of sp³-hybridized carbons (Fsp3) is 0.111. The number of ether oxygens (including phenoxy) is 2. The van der Waals surface area contributed by atoms with E-state index in [1.54, 1.807) is 25.3 Å². The van der Waals surface area contributed by atoms with Gasteiger partial charge in [-0.2, -0.15) is 0 Å². The van der Waals surface area contributed by atoms with E-state index in [0.29, 0.717) is 27.8 Å². The van der Waals surface area contributed by atoms with Crippen LogP contribution in [-0.2, 0) is 0 Å². The summed E-state index contributed by atoms with van der Waals surface area (Å²) >= 11 is 5.86. The molecule has 8 heteroatoms. The largest absolute Gasteiger partial charge is 0.506 e. The van der Waals surface area contributed by atoms with E-state index >= 15 is 0 Å². The molecule has 1 aromatic heterocycles. The number of carbonyl (C=O) groups excluding carboxylic acids is 1. The highest BCUT2D eigenvalue weighted by Gasteiger charge is 2.17. The highest BCUT2D eigenvalue weighted by Crippen LogP contribution is 2.32. The van der Waals surface area contributed by atoms with Gasteiger partial charge >= 0.3 is 0 Å². The molecule has 26 heavy (non-hydrogen) atoms. The topological polar surface area (TPSA) is 93.8 Å². The summed E-state index contributed by atoms with van der Waals surface area (Å²) in [7, 11) is 3.07. The van der Waals surface area contributed by atoms with Crippen LogP contribution in [0.3, 0.4) is 0 Å². The minimum Gasteiger partial charge on any atom is -0.506 e. The molecule has 3 rings (SSSR count). The second-order valence-corrected chi connectivity index (χ2v) is 5.70. The van der Waals surface area contributed by atoms with Gasteiger partial charge in [0.05, 0.1) is 19.9 Å². The lowest BCUT2D eigenvalue weighted by molar-refractivity contribution is 0.0987. The summed E-state index contributed by atoms with van der Waals surface area (Å²) in [5, 5.41) is 16.6. The lowest BCUT2D eigenvalue weighted by Gasteiger charge is -2.07. The normalized spacial score (nSPS) is 10.4. The number of amides is 1. The standard InChI is InChI=1S/C18H15ClN2O5/c1-24-15-6-3-10(7-16(15)25-2)12-9-17(26-21-12)18(23)20-13-8-11(19)4-5-14(13)22/h3-9,22H,1-2H3,(H,20,23).